The topological polar surface area (TPSA) is 204 Å². The Kier molecular flexibility index (Phi) is 18.7. The molecule has 0 saturated heterocycles. The number of aromatic nitrogens is 11. The lowest BCUT2D eigenvalue weighted by molar-refractivity contribution is 0.101. The van der Waals surface area contributed by atoms with Crippen molar-refractivity contribution < 1.29 is 40.7 Å². The molecule has 17 nitrogen and oxygen atoms in total. The Labute approximate surface area is 572 Å². The van der Waals surface area contributed by atoms with Gasteiger partial charge in [0.1, 0.15) is 23.3 Å². The molecule has 0 saturated carbocycles. The predicted octanol–water partition coefficient (Wildman–Crippen LogP) is 17.1. The molecule has 11 heterocycles. The van der Waals surface area contributed by atoms with Crippen molar-refractivity contribution in [3.05, 3.63) is 312 Å². The predicted molar refractivity (Wildman–Crippen MR) is 374 cm³/mol. The summed E-state index contributed by atoms with van der Waals surface area (Å²) in [5, 5.41) is 8.55. The Balaban J connectivity index is 0.000000135. The second-order valence-corrected chi connectivity index (χ2v) is 23.3. The highest BCUT2D eigenvalue weighted by molar-refractivity contribution is 6.07. The molecule has 4 aromatic carbocycles. The van der Waals surface area contributed by atoms with Crippen LogP contribution in [0.15, 0.2) is 232 Å². The van der Waals surface area contributed by atoms with Crippen LogP contribution in [0.2, 0.25) is 0 Å². The van der Waals surface area contributed by atoms with Gasteiger partial charge in [-0.15, -0.1) is 0 Å². The molecule has 0 unspecified atom stereocenters. The van der Waals surface area contributed by atoms with E-state index in [1.165, 1.54) is 36.4 Å². The summed E-state index contributed by atoms with van der Waals surface area (Å²) >= 11 is 0. The van der Waals surface area contributed by atoms with Crippen molar-refractivity contribution >= 4 is 51.5 Å². The quantitative estimate of drug-likeness (QED) is 0.0982. The fourth-order valence-corrected chi connectivity index (χ4v) is 11.4. The van der Waals surface area contributed by atoms with Crippen molar-refractivity contribution in [3.8, 4) is 67.5 Å². The number of imidazole rings is 3. The van der Waals surface area contributed by atoms with Gasteiger partial charge in [-0.1, -0.05) is 60.7 Å². The van der Waals surface area contributed by atoms with E-state index in [1.54, 1.807) is 157 Å². The molecule has 15 aromatic rings. The molecule has 3 amide bonds. The van der Waals surface area contributed by atoms with E-state index in [1.807, 2.05) is 68.4 Å². The number of pyridine rings is 8. The number of amides is 3. The van der Waals surface area contributed by atoms with E-state index in [2.05, 4.69) is 55.8 Å². The second-order valence-electron chi connectivity index (χ2n) is 23.3. The summed E-state index contributed by atoms with van der Waals surface area (Å²) in [6.45, 7) is 9.06. The molecule has 0 bridgehead atoms. The number of para-hydroxylation sites is 1. The van der Waals surface area contributed by atoms with Crippen LogP contribution in [0.3, 0.4) is 0 Å². The van der Waals surface area contributed by atoms with E-state index in [-0.39, 0.29) is 51.9 Å². The van der Waals surface area contributed by atoms with Crippen molar-refractivity contribution in [2.75, 3.05) is 16.0 Å². The largest absolute Gasteiger partial charge is 0.322 e. The Morgan fingerprint density at radius 3 is 1.11 bits per heavy atom. The number of hydrogen-bond donors (Lipinski definition) is 3. The summed E-state index contributed by atoms with van der Waals surface area (Å²) in [5.74, 6) is -5.28. The molecular formula is C78H56F6N14O3. The van der Waals surface area contributed by atoms with Crippen LogP contribution in [0, 0.1) is 69.5 Å². The number of halogens is 6. The third kappa shape index (κ3) is 13.7. The monoisotopic (exact) mass is 1350 g/mol. The van der Waals surface area contributed by atoms with Crippen LogP contribution in [0.5, 0.6) is 0 Å². The van der Waals surface area contributed by atoms with Gasteiger partial charge >= 0.3 is 0 Å². The first-order valence-corrected chi connectivity index (χ1v) is 31.3. The maximum Gasteiger partial charge on any atom is 0.258 e. The zero-order chi connectivity index (χ0) is 70.6. The molecular weight excluding hydrogens is 1290 g/mol. The van der Waals surface area contributed by atoms with Crippen molar-refractivity contribution in [2.45, 2.75) is 34.6 Å². The Bertz CT molecular complexity index is 5710. The maximum atomic E-state index is 14.4. The standard InChI is InChI=1S/2C26H19F2N5O.C26H18F2N4O/c1-15-11-18(8-9-29-15)32-26(34)21-12-17(13-30-16(21)2)19-6-4-10-33-23(19)14-31-25(33)20-5-3-7-22(27)24(20)28;1-15-8-9-23(30-12-15)32-26(34)20-11-17(13-29-16(20)2)18-6-4-10-33-22(18)14-31-25(33)19-5-3-7-21(27)24(19)28;1-16-21(26(33)31-18-7-3-2-4-8-18)13-17(14-29-16)19-10-6-12-32-23(19)15-30-25(32)20-9-5-11-22(27)24(20)28/h3-14H,1-2H3,(H,29,32,34);3-14H,1-2H3,(H,30,32,34);2-15H,1H3,(H,31,33). The highest BCUT2D eigenvalue weighted by atomic mass is 19.2. The first-order chi connectivity index (χ1) is 48.9. The minimum Gasteiger partial charge on any atom is -0.322 e. The smallest absolute Gasteiger partial charge is 0.258 e. The van der Waals surface area contributed by atoms with E-state index in [4.69, 9.17) is 0 Å². The molecule has 0 aliphatic rings. The molecule has 3 N–H and O–H groups in total. The SMILES string of the molecule is Cc1cc(NC(=O)c2cc(-c3cccn4c(-c5cccc(F)c5F)ncc34)cnc2C)ccn1.Cc1ccc(NC(=O)c2cc(-c3cccn4c(-c5cccc(F)c5F)ncc34)cnc2C)nc1.Cc1ncc(-c2cccn3c(-c4cccc(F)c4F)ncc23)cc1C(=O)Nc1ccccc1. The van der Waals surface area contributed by atoms with Crippen LogP contribution >= 0.6 is 0 Å². The number of fused-ring (bicyclic) bond motifs is 3. The van der Waals surface area contributed by atoms with Gasteiger partial charge in [0.05, 0.1) is 85.6 Å². The molecule has 11 aromatic heterocycles. The molecule has 0 radical (unpaired) electrons. The molecule has 0 aliphatic heterocycles. The van der Waals surface area contributed by atoms with Gasteiger partial charge in [0.15, 0.2) is 34.9 Å². The number of carbonyl (C=O) groups excluding carboxylic acids is 3. The highest BCUT2D eigenvalue weighted by Crippen LogP contribution is 2.35. The molecule has 0 atom stereocenters. The third-order valence-electron chi connectivity index (χ3n) is 16.6. The van der Waals surface area contributed by atoms with Crippen LogP contribution in [0.1, 0.15) is 59.4 Å². The average molecular weight is 1350 g/mol. The lowest BCUT2D eigenvalue weighted by Gasteiger charge is -2.11. The average Bonchev–Trinajstić information content (AvgIpc) is 1.67. The van der Waals surface area contributed by atoms with Crippen LogP contribution in [0.25, 0.3) is 84.1 Å². The van der Waals surface area contributed by atoms with Crippen molar-refractivity contribution in [1.29, 1.82) is 0 Å². The number of nitrogens with one attached hydrogen (secondary N) is 3. The van der Waals surface area contributed by atoms with Gasteiger partial charge in [0.25, 0.3) is 17.7 Å². The fraction of sp³-hybridized carbons (Fsp3) is 0.0641. The summed E-state index contributed by atoms with van der Waals surface area (Å²) in [6.07, 6.45) is 18.3. The normalized spacial score (nSPS) is 11.0. The number of nitrogens with zero attached hydrogens (tertiary/aromatic N) is 11. The van der Waals surface area contributed by atoms with Crippen molar-refractivity contribution in [2.24, 2.45) is 0 Å². The number of benzene rings is 4. The third-order valence-corrected chi connectivity index (χ3v) is 16.6. The zero-order valence-corrected chi connectivity index (χ0v) is 54.4. The first kappa shape index (κ1) is 66.3. The van der Waals surface area contributed by atoms with E-state index in [0.717, 1.165) is 46.1 Å². The lowest BCUT2D eigenvalue weighted by atomic mass is 10.0. The van der Waals surface area contributed by atoms with E-state index in [0.29, 0.717) is 84.2 Å². The molecule has 23 heteroatoms. The number of aryl methyl sites for hydroxylation is 5. The molecule has 15 rings (SSSR count). The van der Waals surface area contributed by atoms with Gasteiger partial charge in [-0.25, -0.2) is 46.3 Å². The highest BCUT2D eigenvalue weighted by Gasteiger charge is 2.23. The van der Waals surface area contributed by atoms with Gasteiger partial charge in [0, 0.05) is 100 Å². The van der Waals surface area contributed by atoms with Crippen molar-refractivity contribution in [1.82, 2.24) is 53.1 Å². The number of anilines is 3. The van der Waals surface area contributed by atoms with Crippen LogP contribution in [-0.2, 0) is 0 Å². The Morgan fingerprint density at radius 1 is 0.337 bits per heavy atom. The number of rotatable bonds is 12. The van der Waals surface area contributed by atoms with Gasteiger partial charge < -0.3 is 16.0 Å². The van der Waals surface area contributed by atoms with Gasteiger partial charge in [-0.3, -0.25) is 47.5 Å². The van der Waals surface area contributed by atoms with Gasteiger partial charge in [-0.2, -0.15) is 0 Å². The van der Waals surface area contributed by atoms with Crippen molar-refractivity contribution in [3.63, 3.8) is 0 Å². The van der Waals surface area contributed by atoms with E-state index in [9.17, 15) is 40.7 Å². The van der Waals surface area contributed by atoms with Gasteiger partial charge in [-0.05, 0) is 143 Å². The summed E-state index contributed by atoms with van der Waals surface area (Å²) in [6, 6.07) is 44.5. The van der Waals surface area contributed by atoms with Crippen LogP contribution < -0.4 is 16.0 Å². The fourth-order valence-electron chi connectivity index (χ4n) is 11.4. The molecule has 0 spiro atoms. The minimum atomic E-state index is -0.957. The van der Waals surface area contributed by atoms with E-state index >= 15 is 0 Å². The molecule has 498 valence electrons. The molecule has 101 heavy (non-hydrogen) atoms. The second kappa shape index (κ2) is 28.4. The summed E-state index contributed by atoms with van der Waals surface area (Å²) < 4.78 is 89.6. The minimum absolute atomic E-state index is 0.0600. The number of carbonyl (C=O) groups is 3. The van der Waals surface area contributed by atoms with E-state index < -0.39 is 34.9 Å². The Hall–Kier alpha value is -13.3. The maximum absolute atomic E-state index is 14.4. The summed E-state index contributed by atoms with van der Waals surface area (Å²) in [7, 11) is 0. The molecule has 0 aliphatic carbocycles. The lowest BCUT2D eigenvalue weighted by Crippen LogP contribution is -2.15. The zero-order valence-electron chi connectivity index (χ0n) is 54.4. The number of hydrogen-bond acceptors (Lipinski definition) is 11. The van der Waals surface area contributed by atoms with Crippen LogP contribution in [0.4, 0.5) is 43.5 Å². The Morgan fingerprint density at radius 2 is 0.723 bits per heavy atom. The van der Waals surface area contributed by atoms with Crippen LogP contribution in [-0.4, -0.2) is 70.8 Å². The first-order valence-electron chi connectivity index (χ1n) is 31.3. The summed E-state index contributed by atoms with van der Waals surface area (Å²) in [5.41, 5.74) is 12.6. The summed E-state index contributed by atoms with van der Waals surface area (Å²) in [4.78, 5) is 73.4. The molecule has 0 fully saturated rings. The van der Waals surface area contributed by atoms with Gasteiger partial charge in [0.2, 0.25) is 0 Å².